The lowest BCUT2D eigenvalue weighted by Crippen LogP contribution is -2.46. The van der Waals surface area contributed by atoms with Crippen LogP contribution < -0.4 is 10.5 Å². The van der Waals surface area contributed by atoms with E-state index in [2.05, 4.69) is 4.98 Å². The van der Waals surface area contributed by atoms with E-state index in [1.165, 1.54) is 18.7 Å². The number of primary amides is 1. The molecule has 0 aliphatic carbocycles. The minimum Gasteiger partial charge on any atom is -0.492 e. The number of amides is 1. The van der Waals surface area contributed by atoms with Crippen molar-refractivity contribution in [3.8, 4) is 17.0 Å². The van der Waals surface area contributed by atoms with Crippen molar-refractivity contribution in [1.29, 1.82) is 0 Å². The summed E-state index contributed by atoms with van der Waals surface area (Å²) in [6.45, 7) is 4.39. The number of hydrogen-bond donors (Lipinski definition) is 3. The number of halogens is 3. The number of hydrogen-bond acceptors (Lipinski definition) is 7. The second-order valence-electron chi connectivity index (χ2n) is 11.3. The zero-order valence-electron chi connectivity index (χ0n) is 22.3. The summed E-state index contributed by atoms with van der Waals surface area (Å²) in [7, 11) is 0. The first-order valence-corrected chi connectivity index (χ1v) is 13.2. The summed E-state index contributed by atoms with van der Waals surface area (Å²) in [5.41, 5.74) is 5.82. The number of pyridine rings is 1. The fourth-order valence-corrected chi connectivity index (χ4v) is 5.22. The molecule has 39 heavy (non-hydrogen) atoms. The van der Waals surface area contributed by atoms with Crippen LogP contribution in [0.5, 0.6) is 5.75 Å². The highest BCUT2D eigenvalue weighted by Crippen LogP contribution is 2.38. The Hall–Kier alpha value is -2.73. The number of nitrogens with zero attached hydrogens (tertiary/aromatic N) is 3. The van der Waals surface area contributed by atoms with Crippen LogP contribution in [0.15, 0.2) is 42.6 Å². The van der Waals surface area contributed by atoms with E-state index < -0.39 is 35.9 Å². The number of piperidine rings is 1. The third kappa shape index (κ3) is 7.08. The van der Waals surface area contributed by atoms with E-state index in [1.54, 1.807) is 18.3 Å². The SMILES string of the molecule is CC(C)(CN1CCC(COc2ccc(-c3ccc(C(O)N4C[C@H](O)C[C@H]4C(N)=O)cc3)nc2)CC1)C(F)(F)F. The smallest absolute Gasteiger partial charge is 0.395 e. The molecule has 0 spiro atoms. The van der Waals surface area contributed by atoms with Crippen LogP contribution in [0.4, 0.5) is 13.2 Å². The van der Waals surface area contributed by atoms with Crippen LogP contribution in [0.2, 0.25) is 0 Å². The van der Waals surface area contributed by atoms with Gasteiger partial charge in [0.25, 0.3) is 0 Å². The van der Waals surface area contributed by atoms with Crippen molar-refractivity contribution >= 4 is 5.91 Å². The maximum atomic E-state index is 13.2. The maximum Gasteiger partial charge on any atom is 0.395 e. The van der Waals surface area contributed by atoms with Gasteiger partial charge in [-0.2, -0.15) is 13.2 Å². The average Bonchev–Trinajstić information content (AvgIpc) is 3.29. The summed E-state index contributed by atoms with van der Waals surface area (Å²) in [5.74, 6) is 0.320. The van der Waals surface area contributed by atoms with E-state index in [-0.39, 0.29) is 25.4 Å². The number of aliphatic hydroxyl groups is 2. The number of aromatic nitrogens is 1. The molecule has 4 rings (SSSR count). The Morgan fingerprint density at radius 3 is 2.38 bits per heavy atom. The average molecular weight is 551 g/mol. The molecule has 2 aliphatic heterocycles. The number of benzene rings is 1. The molecule has 0 radical (unpaired) electrons. The van der Waals surface area contributed by atoms with Crippen LogP contribution in [-0.2, 0) is 4.79 Å². The van der Waals surface area contributed by atoms with Crippen LogP contribution in [0.25, 0.3) is 11.3 Å². The molecule has 3 atom stereocenters. The van der Waals surface area contributed by atoms with Gasteiger partial charge in [0, 0.05) is 18.7 Å². The third-order valence-corrected chi connectivity index (χ3v) is 7.78. The molecule has 2 fully saturated rings. The molecule has 1 aromatic carbocycles. The van der Waals surface area contributed by atoms with Crippen molar-refractivity contribution in [3.63, 3.8) is 0 Å². The van der Waals surface area contributed by atoms with Gasteiger partial charge in [-0.25, -0.2) is 0 Å². The maximum absolute atomic E-state index is 13.2. The summed E-state index contributed by atoms with van der Waals surface area (Å²) < 4.78 is 45.5. The van der Waals surface area contributed by atoms with Gasteiger partial charge in [-0.3, -0.25) is 14.7 Å². The Labute approximate surface area is 226 Å². The molecule has 0 saturated carbocycles. The monoisotopic (exact) mass is 550 g/mol. The fraction of sp³-hybridized carbons (Fsp3) is 0.571. The number of rotatable bonds is 9. The van der Waals surface area contributed by atoms with Gasteiger partial charge in [-0.15, -0.1) is 0 Å². The topological polar surface area (TPSA) is 112 Å². The van der Waals surface area contributed by atoms with E-state index in [0.717, 1.165) is 24.1 Å². The van der Waals surface area contributed by atoms with Crippen LogP contribution in [0, 0.1) is 11.3 Å². The summed E-state index contributed by atoms with van der Waals surface area (Å²) in [4.78, 5) is 19.6. The predicted molar refractivity (Wildman–Crippen MR) is 139 cm³/mol. The number of β-amino-alcohol motifs (C(OH)–C–C–N with tert-alkyl or cyclic N) is 1. The van der Waals surface area contributed by atoms with E-state index in [4.69, 9.17) is 10.5 Å². The Kier molecular flexibility index (Phi) is 8.85. The molecule has 1 amide bonds. The van der Waals surface area contributed by atoms with Gasteiger partial charge < -0.3 is 25.6 Å². The highest BCUT2D eigenvalue weighted by molar-refractivity contribution is 5.80. The number of aliphatic hydroxyl groups excluding tert-OH is 2. The highest BCUT2D eigenvalue weighted by atomic mass is 19.4. The first-order chi connectivity index (χ1) is 18.3. The third-order valence-electron chi connectivity index (χ3n) is 7.78. The molecule has 1 aromatic heterocycles. The van der Waals surface area contributed by atoms with Crippen molar-refractivity contribution < 1.29 is 32.9 Å². The first kappa shape index (κ1) is 29.3. The quantitative estimate of drug-likeness (QED) is 0.439. The second kappa shape index (κ2) is 11.8. The summed E-state index contributed by atoms with van der Waals surface area (Å²) in [6, 6.07) is 10.1. The van der Waals surface area contributed by atoms with Crippen molar-refractivity contribution in [2.24, 2.45) is 17.1 Å². The molecule has 8 nitrogen and oxygen atoms in total. The van der Waals surface area contributed by atoms with Gasteiger partial charge in [-0.1, -0.05) is 24.3 Å². The lowest BCUT2D eigenvalue weighted by Gasteiger charge is -2.38. The lowest BCUT2D eigenvalue weighted by atomic mass is 9.89. The fourth-order valence-electron chi connectivity index (χ4n) is 5.22. The molecule has 0 bridgehead atoms. The lowest BCUT2D eigenvalue weighted by molar-refractivity contribution is -0.217. The summed E-state index contributed by atoms with van der Waals surface area (Å²) in [6.07, 6.45) is -2.60. The number of alkyl halides is 3. The van der Waals surface area contributed by atoms with Gasteiger partial charge in [0.15, 0.2) is 0 Å². The minimum absolute atomic E-state index is 0.00464. The van der Waals surface area contributed by atoms with Crippen LogP contribution in [-0.4, -0.2) is 82.0 Å². The van der Waals surface area contributed by atoms with Gasteiger partial charge >= 0.3 is 6.18 Å². The molecule has 1 unspecified atom stereocenters. The van der Waals surface area contributed by atoms with E-state index >= 15 is 0 Å². The zero-order valence-corrected chi connectivity index (χ0v) is 22.3. The van der Waals surface area contributed by atoms with Crippen molar-refractivity contribution in [3.05, 3.63) is 48.2 Å². The van der Waals surface area contributed by atoms with Gasteiger partial charge in [0.1, 0.15) is 12.0 Å². The number of nitrogens with two attached hydrogens (primary N) is 1. The van der Waals surface area contributed by atoms with Crippen LogP contribution in [0.1, 0.15) is 44.9 Å². The number of ether oxygens (including phenoxy) is 1. The molecule has 2 saturated heterocycles. The molecule has 3 heterocycles. The highest BCUT2D eigenvalue weighted by Gasteiger charge is 2.48. The molecule has 4 N–H and O–H groups in total. The van der Waals surface area contributed by atoms with E-state index in [9.17, 15) is 28.2 Å². The van der Waals surface area contributed by atoms with E-state index in [0.29, 0.717) is 31.0 Å². The van der Waals surface area contributed by atoms with Crippen molar-refractivity contribution in [2.45, 2.75) is 57.7 Å². The van der Waals surface area contributed by atoms with E-state index in [1.807, 2.05) is 29.2 Å². The van der Waals surface area contributed by atoms with Gasteiger partial charge in [0.05, 0.1) is 36.1 Å². The zero-order chi connectivity index (χ0) is 28.4. The Balaban J connectivity index is 1.26. The Morgan fingerprint density at radius 1 is 1.15 bits per heavy atom. The van der Waals surface area contributed by atoms with Crippen LogP contribution >= 0.6 is 0 Å². The molecule has 214 valence electrons. The molecular weight excluding hydrogens is 513 g/mol. The normalized spacial score (nSPS) is 22.6. The predicted octanol–water partition coefficient (Wildman–Crippen LogP) is 3.34. The molecule has 2 aliphatic rings. The standard InChI is InChI=1S/C28H37F3N4O4/c1-27(2,28(29,30)31)17-34-11-9-18(10-12-34)16-39-22-7-8-23(33-14-22)19-3-5-20(6-4-19)26(38)35-15-21(36)13-24(35)25(32)37/h3-8,14,18,21,24,26,36,38H,9-13,15-17H2,1-2H3,(H2,32,37)/t21-,24+,26?/m1/s1. The number of likely N-dealkylation sites (tertiary alicyclic amines) is 2. The largest absolute Gasteiger partial charge is 0.492 e. The Bertz CT molecular complexity index is 1100. The van der Waals surface area contributed by atoms with Crippen LogP contribution in [0.3, 0.4) is 0 Å². The minimum atomic E-state index is -4.22. The number of carbonyl (C=O) groups is 1. The molecule has 2 aromatic rings. The molecular formula is C28H37F3N4O4. The number of carbonyl (C=O) groups excluding carboxylic acids is 1. The molecule has 11 heteroatoms. The summed E-state index contributed by atoms with van der Waals surface area (Å²) >= 11 is 0. The summed E-state index contributed by atoms with van der Waals surface area (Å²) in [5, 5.41) is 20.6. The van der Waals surface area contributed by atoms with Gasteiger partial charge in [0.2, 0.25) is 5.91 Å². The first-order valence-electron chi connectivity index (χ1n) is 13.2. The Morgan fingerprint density at radius 2 is 1.82 bits per heavy atom. The van der Waals surface area contributed by atoms with Gasteiger partial charge in [-0.05, 0) is 69.8 Å². The van der Waals surface area contributed by atoms with Crippen molar-refractivity contribution in [1.82, 2.24) is 14.8 Å². The van der Waals surface area contributed by atoms with Crippen molar-refractivity contribution in [2.75, 3.05) is 32.8 Å². The second-order valence-corrected chi connectivity index (χ2v) is 11.3.